The Kier molecular flexibility index (Phi) is 5.70. The van der Waals surface area contributed by atoms with Gasteiger partial charge in [-0.3, -0.25) is 9.59 Å². The Bertz CT molecular complexity index is 467. The van der Waals surface area contributed by atoms with Gasteiger partial charge in [-0.1, -0.05) is 19.1 Å². The molecule has 0 heterocycles. The lowest BCUT2D eigenvalue weighted by atomic mass is 10.0. The summed E-state index contributed by atoms with van der Waals surface area (Å²) in [5.41, 5.74) is 7.27. The minimum absolute atomic E-state index is 0.0360. The first kappa shape index (κ1) is 16.2. The van der Waals surface area contributed by atoms with Gasteiger partial charge in [0.15, 0.2) is 0 Å². The van der Waals surface area contributed by atoms with Crippen LogP contribution in [0.4, 0.5) is 0 Å². The van der Waals surface area contributed by atoms with Crippen LogP contribution < -0.4 is 11.1 Å². The van der Waals surface area contributed by atoms with Gasteiger partial charge in [0.2, 0.25) is 5.91 Å². The van der Waals surface area contributed by atoms with Crippen LogP contribution in [-0.4, -0.2) is 36.9 Å². The summed E-state index contributed by atoms with van der Waals surface area (Å²) in [6.45, 7) is 4.05. The first-order chi connectivity index (χ1) is 9.32. The van der Waals surface area contributed by atoms with E-state index in [2.05, 4.69) is 5.32 Å². The molecule has 0 saturated carbocycles. The number of hydrogen-bond donors (Lipinski definition) is 2. The van der Waals surface area contributed by atoms with E-state index in [0.717, 1.165) is 5.56 Å². The molecule has 0 saturated heterocycles. The second-order valence-corrected chi connectivity index (χ2v) is 5.26. The lowest BCUT2D eigenvalue weighted by molar-refractivity contribution is -0.125. The molecular weight excluding hydrogens is 254 g/mol. The van der Waals surface area contributed by atoms with Crippen LogP contribution in [0.15, 0.2) is 24.3 Å². The van der Waals surface area contributed by atoms with Crippen LogP contribution in [0.3, 0.4) is 0 Å². The highest BCUT2D eigenvalue weighted by Crippen LogP contribution is 2.07. The Hall–Kier alpha value is -1.88. The van der Waals surface area contributed by atoms with E-state index in [1.165, 1.54) is 4.90 Å². The van der Waals surface area contributed by atoms with Crippen molar-refractivity contribution < 1.29 is 9.59 Å². The maximum atomic E-state index is 11.8. The van der Waals surface area contributed by atoms with Crippen LogP contribution in [0.25, 0.3) is 0 Å². The van der Waals surface area contributed by atoms with Gasteiger partial charge in [0.1, 0.15) is 0 Å². The topological polar surface area (TPSA) is 75.4 Å². The second-order valence-electron chi connectivity index (χ2n) is 5.26. The number of benzene rings is 1. The van der Waals surface area contributed by atoms with Crippen LogP contribution in [0.1, 0.15) is 29.8 Å². The smallest absolute Gasteiger partial charge is 0.253 e. The molecule has 2 unspecified atom stereocenters. The average Bonchev–Trinajstić information content (AvgIpc) is 2.43. The lowest BCUT2D eigenvalue weighted by Gasteiger charge is -2.15. The number of rotatable bonds is 5. The summed E-state index contributed by atoms with van der Waals surface area (Å²) in [6.07, 6.45) is 0. The predicted octanol–water partition coefficient (Wildman–Crippen LogP) is 0.988. The number of nitrogens with two attached hydrogens (primary N) is 1. The molecule has 0 aliphatic heterocycles. The van der Waals surface area contributed by atoms with Gasteiger partial charge < -0.3 is 16.0 Å². The van der Waals surface area contributed by atoms with Crippen molar-refractivity contribution in [3.63, 3.8) is 0 Å². The molecule has 1 rings (SSSR count). The van der Waals surface area contributed by atoms with Gasteiger partial charge >= 0.3 is 0 Å². The van der Waals surface area contributed by atoms with Crippen molar-refractivity contribution in [1.82, 2.24) is 10.2 Å². The standard InChI is InChI=1S/C15H23N3O2/c1-10(11(2)16)14(19)17-9-12-5-7-13(8-6-12)15(20)18(3)4/h5-8,10-11H,9,16H2,1-4H3,(H,17,19). The highest BCUT2D eigenvalue weighted by Gasteiger charge is 2.16. The third-order valence-electron chi connectivity index (χ3n) is 3.28. The van der Waals surface area contributed by atoms with Crippen molar-refractivity contribution in [2.75, 3.05) is 14.1 Å². The molecule has 0 aliphatic carbocycles. The first-order valence-corrected chi connectivity index (χ1v) is 6.66. The van der Waals surface area contributed by atoms with E-state index in [0.29, 0.717) is 12.1 Å². The zero-order valence-electron chi connectivity index (χ0n) is 12.5. The molecule has 2 amide bonds. The number of nitrogens with zero attached hydrogens (tertiary/aromatic N) is 1. The van der Waals surface area contributed by atoms with Gasteiger partial charge in [0.25, 0.3) is 5.91 Å². The third-order valence-corrected chi connectivity index (χ3v) is 3.28. The maximum absolute atomic E-state index is 11.8. The van der Waals surface area contributed by atoms with Crippen molar-refractivity contribution in [1.29, 1.82) is 0 Å². The zero-order valence-corrected chi connectivity index (χ0v) is 12.5. The highest BCUT2D eigenvalue weighted by atomic mass is 16.2. The molecule has 5 nitrogen and oxygen atoms in total. The molecule has 1 aromatic rings. The van der Waals surface area contributed by atoms with Crippen LogP contribution in [0, 0.1) is 5.92 Å². The van der Waals surface area contributed by atoms with Gasteiger partial charge in [-0.15, -0.1) is 0 Å². The van der Waals surface area contributed by atoms with Gasteiger partial charge in [-0.2, -0.15) is 0 Å². The van der Waals surface area contributed by atoms with Crippen LogP contribution in [-0.2, 0) is 11.3 Å². The van der Waals surface area contributed by atoms with E-state index in [9.17, 15) is 9.59 Å². The molecule has 2 atom stereocenters. The second kappa shape index (κ2) is 7.05. The average molecular weight is 277 g/mol. The summed E-state index contributed by atoms with van der Waals surface area (Å²) >= 11 is 0. The van der Waals surface area contributed by atoms with Crippen LogP contribution in [0.5, 0.6) is 0 Å². The Labute approximate surface area is 120 Å². The van der Waals surface area contributed by atoms with E-state index >= 15 is 0 Å². The van der Waals surface area contributed by atoms with Crippen molar-refractivity contribution in [3.05, 3.63) is 35.4 Å². The minimum Gasteiger partial charge on any atom is -0.352 e. The number of nitrogens with one attached hydrogen (secondary N) is 1. The molecule has 0 fully saturated rings. The van der Waals surface area contributed by atoms with Crippen molar-refractivity contribution in [2.24, 2.45) is 11.7 Å². The summed E-state index contributed by atoms with van der Waals surface area (Å²) in [6, 6.07) is 7.04. The predicted molar refractivity (Wildman–Crippen MR) is 79.1 cm³/mol. The quantitative estimate of drug-likeness (QED) is 0.842. The fraction of sp³-hybridized carbons (Fsp3) is 0.467. The molecular formula is C15H23N3O2. The van der Waals surface area contributed by atoms with Crippen molar-refractivity contribution in [3.8, 4) is 0 Å². The Morgan fingerprint density at radius 2 is 1.75 bits per heavy atom. The Morgan fingerprint density at radius 3 is 2.20 bits per heavy atom. The third kappa shape index (κ3) is 4.35. The van der Waals surface area contributed by atoms with Crippen LogP contribution in [0.2, 0.25) is 0 Å². The largest absolute Gasteiger partial charge is 0.352 e. The minimum atomic E-state index is -0.218. The van der Waals surface area contributed by atoms with E-state index in [4.69, 9.17) is 5.73 Å². The lowest BCUT2D eigenvalue weighted by Crippen LogP contribution is -2.38. The zero-order chi connectivity index (χ0) is 15.3. The van der Waals surface area contributed by atoms with Crippen LogP contribution >= 0.6 is 0 Å². The molecule has 1 aromatic carbocycles. The summed E-state index contributed by atoms with van der Waals surface area (Å²) in [5, 5.41) is 2.84. The number of carbonyl (C=O) groups is 2. The fourth-order valence-corrected chi connectivity index (χ4v) is 1.61. The Balaban J connectivity index is 2.58. The van der Waals surface area contributed by atoms with E-state index in [-0.39, 0.29) is 23.8 Å². The van der Waals surface area contributed by atoms with E-state index < -0.39 is 0 Å². The van der Waals surface area contributed by atoms with Crippen molar-refractivity contribution >= 4 is 11.8 Å². The van der Waals surface area contributed by atoms with Crippen molar-refractivity contribution in [2.45, 2.75) is 26.4 Å². The monoisotopic (exact) mass is 277 g/mol. The maximum Gasteiger partial charge on any atom is 0.253 e. The van der Waals surface area contributed by atoms with E-state index in [1.54, 1.807) is 33.2 Å². The van der Waals surface area contributed by atoms with Gasteiger partial charge in [-0.25, -0.2) is 0 Å². The molecule has 0 aromatic heterocycles. The van der Waals surface area contributed by atoms with Gasteiger partial charge in [0.05, 0.1) is 0 Å². The number of amides is 2. The molecule has 110 valence electrons. The summed E-state index contributed by atoms with van der Waals surface area (Å²) in [5.74, 6) is -0.316. The molecule has 0 aliphatic rings. The normalized spacial score (nSPS) is 13.4. The number of carbonyl (C=O) groups excluding carboxylic acids is 2. The number of hydrogen-bond acceptors (Lipinski definition) is 3. The summed E-state index contributed by atoms with van der Waals surface area (Å²) < 4.78 is 0. The first-order valence-electron chi connectivity index (χ1n) is 6.66. The van der Waals surface area contributed by atoms with Gasteiger partial charge in [0, 0.05) is 38.2 Å². The molecule has 0 spiro atoms. The Morgan fingerprint density at radius 1 is 1.20 bits per heavy atom. The fourth-order valence-electron chi connectivity index (χ4n) is 1.61. The van der Waals surface area contributed by atoms with Gasteiger partial charge in [-0.05, 0) is 24.6 Å². The summed E-state index contributed by atoms with van der Waals surface area (Å²) in [7, 11) is 3.43. The molecule has 0 radical (unpaired) electrons. The SMILES string of the molecule is CC(N)C(C)C(=O)NCc1ccc(C(=O)N(C)C)cc1. The summed E-state index contributed by atoms with van der Waals surface area (Å²) in [4.78, 5) is 25.0. The molecule has 3 N–H and O–H groups in total. The molecule has 20 heavy (non-hydrogen) atoms. The highest BCUT2D eigenvalue weighted by molar-refractivity contribution is 5.93. The van der Waals surface area contributed by atoms with E-state index in [1.807, 2.05) is 19.1 Å². The molecule has 0 bridgehead atoms. The molecule has 5 heteroatoms.